The van der Waals surface area contributed by atoms with Crippen molar-refractivity contribution in [3.05, 3.63) is 0 Å². The topological polar surface area (TPSA) is 75.7 Å². The number of nitrogens with zero attached hydrogens (tertiary/aromatic N) is 1. The van der Waals surface area contributed by atoms with Crippen LogP contribution >= 0.6 is 0 Å². The first-order valence-corrected chi connectivity index (χ1v) is 7.04. The van der Waals surface area contributed by atoms with Crippen molar-refractivity contribution in [3.8, 4) is 0 Å². The summed E-state index contributed by atoms with van der Waals surface area (Å²) in [6, 6.07) is 0. The monoisotopic (exact) mass is 282 g/mol. The summed E-state index contributed by atoms with van der Waals surface area (Å²) in [7, 11) is 0. The van der Waals surface area contributed by atoms with E-state index < -0.39 is 17.1 Å². The highest BCUT2D eigenvalue weighted by Crippen LogP contribution is 2.35. The van der Waals surface area contributed by atoms with Gasteiger partial charge in [0.05, 0.1) is 0 Å². The standard InChI is InChI=1S/C14H22N2O4/c1-13(2,3)20-12(19)16-8-4-10(17)14(6-9-16)5-7-15-11(14)18/h4-9H2,1-3H3,(H,15,18). The molecule has 2 fully saturated rings. The fourth-order valence-electron chi connectivity index (χ4n) is 2.74. The summed E-state index contributed by atoms with van der Waals surface area (Å²) in [4.78, 5) is 37.8. The molecule has 2 amide bonds. The number of carbonyl (C=O) groups is 3. The molecule has 0 aromatic carbocycles. The highest BCUT2D eigenvalue weighted by Gasteiger charge is 2.49. The number of likely N-dealkylation sites (tertiary alicyclic amines) is 1. The zero-order valence-corrected chi connectivity index (χ0v) is 12.3. The largest absolute Gasteiger partial charge is 0.444 e. The van der Waals surface area contributed by atoms with Gasteiger partial charge in [0.2, 0.25) is 5.91 Å². The normalized spacial score (nSPS) is 27.4. The third kappa shape index (κ3) is 2.78. The third-order valence-corrected chi connectivity index (χ3v) is 3.87. The smallest absolute Gasteiger partial charge is 0.410 e. The van der Waals surface area contributed by atoms with Crippen LogP contribution in [0.25, 0.3) is 0 Å². The summed E-state index contributed by atoms with van der Waals surface area (Å²) in [6.45, 7) is 6.66. The predicted octanol–water partition coefficient (Wildman–Crippen LogP) is 1.09. The van der Waals surface area contributed by atoms with Crippen molar-refractivity contribution in [1.29, 1.82) is 0 Å². The van der Waals surface area contributed by atoms with E-state index in [1.807, 2.05) is 0 Å². The first-order valence-electron chi connectivity index (χ1n) is 7.04. The summed E-state index contributed by atoms with van der Waals surface area (Å²) in [5, 5.41) is 2.73. The Balaban J connectivity index is 2.07. The molecule has 1 unspecified atom stereocenters. The van der Waals surface area contributed by atoms with Gasteiger partial charge in [0.1, 0.15) is 16.8 Å². The van der Waals surface area contributed by atoms with Crippen molar-refractivity contribution in [2.75, 3.05) is 19.6 Å². The van der Waals surface area contributed by atoms with Crippen molar-refractivity contribution in [2.24, 2.45) is 5.41 Å². The van der Waals surface area contributed by atoms with Crippen LogP contribution in [-0.4, -0.2) is 47.9 Å². The maximum atomic E-state index is 12.3. The van der Waals surface area contributed by atoms with Gasteiger partial charge < -0.3 is 15.0 Å². The number of ketones is 1. The number of carbonyl (C=O) groups excluding carboxylic acids is 3. The number of amides is 2. The van der Waals surface area contributed by atoms with E-state index in [4.69, 9.17) is 4.74 Å². The van der Waals surface area contributed by atoms with Crippen molar-refractivity contribution in [1.82, 2.24) is 10.2 Å². The Morgan fingerprint density at radius 2 is 1.95 bits per heavy atom. The molecule has 2 aliphatic heterocycles. The highest BCUT2D eigenvalue weighted by molar-refractivity contribution is 6.07. The van der Waals surface area contributed by atoms with Crippen molar-refractivity contribution >= 4 is 17.8 Å². The Morgan fingerprint density at radius 1 is 1.25 bits per heavy atom. The number of rotatable bonds is 0. The second-order valence-electron chi connectivity index (χ2n) is 6.48. The molecule has 2 heterocycles. The minimum atomic E-state index is -0.920. The van der Waals surface area contributed by atoms with Crippen LogP contribution in [0.5, 0.6) is 0 Å². The molecule has 112 valence electrons. The van der Waals surface area contributed by atoms with Crippen LogP contribution in [-0.2, 0) is 14.3 Å². The molecule has 0 aromatic heterocycles. The fraction of sp³-hybridized carbons (Fsp3) is 0.786. The quantitative estimate of drug-likeness (QED) is 0.675. The average molecular weight is 282 g/mol. The van der Waals surface area contributed by atoms with Crippen molar-refractivity contribution < 1.29 is 19.1 Å². The fourth-order valence-corrected chi connectivity index (χ4v) is 2.74. The summed E-state index contributed by atoms with van der Waals surface area (Å²) in [5.74, 6) is -0.243. The SMILES string of the molecule is CC(C)(C)OC(=O)N1CCC(=O)C2(CCNC2=O)CC1. The van der Waals surface area contributed by atoms with E-state index in [0.717, 1.165) is 0 Å². The van der Waals surface area contributed by atoms with Gasteiger partial charge in [-0.15, -0.1) is 0 Å². The molecule has 1 atom stereocenters. The van der Waals surface area contributed by atoms with Gasteiger partial charge in [0, 0.05) is 26.1 Å². The van der Waals surface area contributed by atoms with Gasteiger partial charge in [-0.1, -0.05) is 0 Å². The number of hydrogen-bond acceptors (Lipinski definition) is 4. The Morgan fingerprint density at radius 3 is 2.50 bits per heavy atom. The third-order valence-electron chi connectivity index (χ3n) is 3.87. The first kappa shape index (κ1) is 14.8. The minimum Gasteiger partial charge on any atom is -0.444 e. The zero-order chi connectivity index (χ0) is 15.0. The number of Topliss-reactive ketones (excluding diaryl/α,β-unsaturated/α-hetero) is 1. The lowest BCUT2D eigenvalue weighted by Gasteiger charge is -2.26. The molecule has 0 aliphatic carbocycles. The van der Waals surface area contributed by atoms with Gasteiger partial charge in [-0.2, -0.15) is 0 Å². The Bertz CT molecular complexity index is 441. The molecular formula is C14H22N2O4. The lowest BCUT2D eigenvalue weighted by molar-refractivity contribution is -0.139. The molecule has 2 aliphatic rings. The van der Waals surface area contributed by atoms with Gasteiger partial charge in [-0.3, -0.25) is 9.59 Å². The minimum absolute atomic E-state index is 0.0569. The molecule has 0 radical (unpaired) electrons. The van der Waals surface area contributed by atoms with Crippen LogP contribution < -0.4 is 5.32 Å². The number of ether oxygens (including phenoxy) is 1. The van der Waals surface area contributed by atoms with Gasteiger partial charge >= 0.3 is 6.09 Å². The predicted molar refractivity (Wildman–Crippen MR) is 72.1 cm³/mol. The molecule has 0 bridgehead atoms. The second-order valence-corrected chi connectivity index (χ2v) is 6.48. The van der Waals surface area contributed by atoms with Crippen LogP contribution in [0.15, 0.2) is 0 Å². The van der Waals surface area contributed by atoms with Gasteiger partial charge in [0.15, 0.2) is 0 Å². The van der Waals surface area contributed by atoms with E-state index in [2.05, 4.69) is 5.32 Å². The first-order chi connectivity index (χ1) is 9.24. The molecule has 2 rings (SSSR count). The van der Waals surface area contributed by atoms with E-state index in [0.29, 0.717) is 32.5 Å². The van der Waals surface area contributed by atoms with E-state index in [-0.39, 0.29) is 18.1 Å². The maximum Gasteiger partial charge on any atom is 0.410 e. The molecule has 20 heavy (non-hydrogen) atoms. The van der Waals surface area contributed by atoms with Gasteiger partial charge in [0.25, 0.3) is 0 Å². The van der Waals surface area contributed by atoms with Crippen LogP contribution in [0.1, 0.15) is 40.0 Å². The highest BCUT2D eigenvalue weighted by atomic mass is 16.6. The van der Waals surface area contributed by atoms with Crippen LogP contribution in [0.4, 0.5) is 4.79 Å². The molecule has 2 saturated heterocycles. The molecule has 0 saturated carbocycles. The van der Waals surface area contributed by atoms with Gasteiger partial charge in [-0.05, 0) is 33.6 Å². The van der Waals surface area contributed by atoms with E-state index >= 15 is 0 Å². The molecule has 6 heteroatoms. The van der Waals surface area contributed by atoms with E-state index in [9.17, 15) is 14.4 Å². The molecule has 0 aromatic rings. The Hall–Kier alpha value is -1.59. The summed E-state index contributed by atoms with van der Waals surface area (Å²) >= 11 is 0. The zero-order valence-electron chi connectivity index (χ0n) is 12.3. The molecule has 1 spiro atoms. The van der Waals surface area contributed by atoms with Gasteiger partial charge in [-0.25, -0.2) is 4.79 Å². The molecule has 6 nitrogen and oxygen atoms in total. The molecule has 1 N–H and O–H groups in total. The average Bonchev–Trinajstić information content (AvgIpc) is 2.59. The second kappa shape index (κ2) is 5.07. The van der Waals surface area contributed by atoms with E-state index in [1.165, 1.54) is 4.90 Å². The lowest BCUT2D eigenvalue weighted by atomic mass is 9.78. The number of nitrogens with one attached hydrogen (secondary N) is 1. The molecular weight excluding hydrogens is 260 g/mol. The summed E-state index contributed by atoms with van der Waals surface area (Å²) in [6.07, 6.45) is 0.719. The Labute approximate surface area is 118 Å². The lowest BCUT2D eigenvalue weighted by Crippen LogP contribution is -2.39. The summed E-state index contributed by atoms with van der Waals surface area (Å²) in [5.41, 5.74) is -1.48. The van der Waals surface area contributed by atoms with Crippen molar-refractivity contribution in [3.63, 3.8) is 0 Å². The van der Waals surface area contributed by atoms with E-state index in [1.54, 1.807) is 20.8 Å². The van der Waals surface area contributed by atoms with Crippen LogP contribution in [0.2, 0.25) is 0 Å². The maximum absolute atomic E-state index is 12.3. The summed E-state index contributed by atoms with van der Waals surface area (Å²) < 4.78 is 5.32. The Kier molecular flexibility index (Phi) is 3.75. The van der Waals surface area contributed by atoms with Crippen LogP contribution in [0.3, 0.4) is 0 Å². The van der Waals surface area contributed by atoms with Crippen LogP contribution in [0, 0.1) is 5.41 Å². The van der Waals surface area contributed by atoms with Crippen molar-refractivity contribution in [2.45, 2.75) is 45.6 Å². The number of hydrogen-bond donors (Lipinski definition) is 1.